The van der Waals surface area contributed by atoms with Gasteiger partial charge in [0.05, 0.1) is 24.1 Å². The summed E-state index contributed by atoms with van der Waals surface area (Å²) in [7, 11) is 1.63. The molecule has 166 valence electrons. The highest BCUT2D eigenvalue weighted by atomic mass is 35.5. The number of nitrogens with zero attached hydrogens (tertiary/aromatic N) is 4. The molecule has 3 aromatic heterocycles. The molecule has 0 aliphatic carbocycles. The summed E-state index contributed by atoms with van der Waals surface area (Å²) >= 11 is 6.16. The molecular weight excluding hydrogens is 438 g/mol. The number of aromatic nitrogens is 4. The number of halogens is 1. The average molecular weight is 460 g/mol. The number of H-pyrrole nitrogens is 1. The zero-order chi connectivity index (χ0) is 22.8. The number of hydrogen-bond acceptors (Lipinski definition) is 6. The molecule has 0 spiro atoms. The third-order valence-corrected chi connectivity index (χ3v) is 5.99. The molecule has 0 bridgehead atoms. The predicted octanol–water partition coefficient (Wildman–Crippen LogP) is 4.11. The summed E-state index contributed by atoms with van der Waals surface area (Å²) in [6.07, 6.45) is 5.98. The fraction of sp³-hybridized carbons (Fsp3) is 0.200. The van der Waals surface area contributed by atoms with E-state index in [1.54, 1.807) is 25.6 Å². The first kappa shape index (κ1) is 21.3. The van der Waals surface area contributed by atoms with Gasteiger partial charge in [-0.2, -0.15) is 0 Å². The van der Waals surface area contributed by atoms with E-state index in [0.717, 1.165) is 52.4 Å². The normalized spacial score (nSPS) is 13.5. The number of benzene rings is 1. The smallest absolute Gasteiger partial charge is 0.255 e. The van der Waals surface area contributed by atoms with Gasteiger partial charge in [0.1, 0.15) is 11.6 Å². The summed E-state index contributed by atoms with van der Waals surface area (Å²) < 4.78 is 5.44. The minimum Gasteiger partial charge on any atom is -0.496 e. The largest absolute Gasteiger partial charge is 0.496 e. The Morgan fingerprint density at radius 1 is 1.18 bits per heavy atom. The predicted molar refractivity (Wildman–Crippen MR) is 127 cm³/mol. The molecule has 1 aliphatic heterocycles. The Morgan fingerprint density at radius 3 is 2.85 bits per heavy atom. The van der Waals surface area contributed by atoms with Crippen molar-refractivity contribution in [2.45, 2.75) is 19.5 Å². The van der Waals surface area contributed by atoms with Crippen molar-refractivity contribution in [2.24, 2.45) is 0 Å². The van der Waals surface area contributed by atoms with Crippen LogP contribution in [0.5, 0.6) is 5.75 Å². The van der Waals surface area contributed by atoms with E-state index >= 15 is 0 Å². The second-order valence-corrected chi connectivity index (χ2v) is 8.37. The van der Waals surface area contributed by atoms with Crippen molar-refractivity contribution >= 4 is 11.6 Å². The quantitative estimate of drug-likeness (QED) is 0.483. The van der Waals surface area contributed by atoms with E-state index in [9.17, 15) is 4.79 Å². The maximum absolute atomic E-state index is 12.8. The molecule has 0 amide bonds. The van der Waals surface area contributed by atoms with Crippen LogP contribution >= 0.6 is 11.6 Å². The summed E-state index contributed by atoms with van der Waals surface area (Å²) in [6, 6.07) is 13.2. The zero-order valence-corrected chi connectivity index (χ0v) is 18.8. The number of ether oxygens (including phenoxy) is 1. The van der Waals surface area contributed by atoms with Crippen LogP contribution in [-0.4, -0.2) is 38.5 Å². The Kier molecular flexibility index (Phi) is 5.90. The third-order valence-electron chi connectivity index (χ3n) is 5.75. The molecule has 0 saturated carbocycles. The van der Waals surface area contributed by atoms with Crippen LogP contribution in [0.25, 0.3) is 22.6 Å². The van der Waals surface area contributed by atoms with Crippen LogP contribution < -0.4 is 10.3 Å². The Hall–Kier alpha value is -3.55. The van der Waals surface area contributed by atoms with Crippen molar-refractivity contribution in [3.63, 3.8) is 0 Å². The van der Waals surface area contributed by atoms with Gasteiger partial charge >= 0.3 is 0 Å². The van der Waals surface area contributed by atoms with Crippen molar-refractivity contribution in [1.82, 2.24) is 24.8 Å². The number of nitrogens with one attached hydrogen (secondary N) is 1. The Morgan fingerprint density at radius 2 is 2.09 bits per heavy atom. The lowest BCUT2D eigenvalue weighted by Gasteiger charge is -2.27. The standard InChI is InChI=1S/C25H22ClN5O2/c1-33-23-7-5-18(26)11-19(23)21-6-4-16(12-28-21)14-31-10-8-22-20(15-31)25(32)30-24(29-22)17-3-2-9-27-13-17/h2-7,9,11-13H,8,10,14-15H2,1H3,(H,29,30,32). The van der Waals surface area contributed by atoms with Crippen molar-refractivity contribution < 1.29 is 4.74 Å². The molecule has 1 N–H and O–H groups in total. The first-order chi connectivity index (χ1) is 16.1. The highest BCUT2D eigenvalue weighted by Crippen LogP contribution is 2.31. The van der Waals surface area contributed by atoms with Gasteiger partial charge in [-0.1, -0.05) is 17.7 Å². The molecule has 5 rings (SSSR count). The van der Waals surface area contributed by atoms with Crippen LogP contribution in [0.3, 0.4) is 0 Å². The number of rotatable bonds is 5. The molecule has 1 aliphatic rings. The highest BCUT2D eigenvalue weighted by Gasteiger charge is 2.22. The van der Waals surface area contributed by atoms with Gasteiger partial charge in [0.25, 0.3) is 5.56 Å². The fourth-order valence-electron chi connectivity index (χ4n) is 4.07. The molecular formula is C25H22ClN5O2. The maximum Gasteiger partial charge on any atom is 0.255 e. The van der Waals surface area contributed by atoms with E-state index in [0.29, 0.717) is 23.9 Å². The second kappa shape index (κ2) is 9.13. The summed E-state index contributed by atoms with van der Waals surface area (Å²) in [5, 5.41) is 0.633. The lowest BCUT2D eigenvalue weighted by molar-refractivity contribution is 0.241. The van der Waals surface area contributed by atoms with Crippen LogP contribution in [-0.2, 0) is 19.5 Å². The topological polar surface area (TPSA) is 84.0 Å². The van der Waals surface area contributed by atoms with Gasteiger partial charge in [0.2, 0.25) is 0 Å². The van der Waals surface area contributed by atoms with Crippen molar-refractivity contribution in [3.8, 4) is 28.4 Å². The second-order valence-electron chi connectivity index (χ2n) is 7.94. The van der Waals surface area contributed by atoms with E-state index in [4.69, 9.17) is 21.3 Å². The Labute approximate surface area is 196 Å². The first-order valence-corrected chi connectivity index (χ1v) is 11.0. The molecule has 33 heavy (non-hydrogen) atoms. The molecule has 8 heteroatoms. The van der Waals surface area contributed by atoms with Crippen LogP contribution in [0.15, 0.2) is 65.8 Å². The van der Waals surface area contributed by atoms with Crippen molar-refractivity contribution in [2.75, 3.05) is 13.7 Å². The molecule has 1 aromatic carbocycles. The molecule has 0 radical (unpaired) electrons. The SMILES string of the molecule is COc1ccc(Cl)cc1-c1ccc(CN2CCc3nc(-c4cccnc4)[nH]c(=O)c3C2)cn1. The highest BCUT2D eigenvalue weighted by molar-refractivity contribution is 6.30. The lowest BCUT2D eigenvalue weighted by Crippen LogP contribution is -2.35. The van der Waals surface area contributed by atoms with Gasteiger partial charge in [0, 0.05) is 60.8 Å². The maximum atomic E-state index is 12.8. The van der Waals surface area contributed by atoms with E-state index in [2.05, 4.69) is 19.9 Å². The molecule has 0 unspecified atom stereocenters. The minimum absolute atomic E-state index is 0.0925. The number of pyridine rings is 2. The van der Waals surface area contributed by atoms with Crippen molar-refractivity contribution in [3.05, 3.63) is 93.3 Å². The van der Waals surface area contributed by atoms with Gasteiger partial charge in [-0.15, -0.1) is 0 Å². The van der Waals surface area contributed by atoms with E-state index in [1.165, 1.54) is 0 Å². The van der Waals surface area contributed by atoms with Gasteiger partial charge in [-0.25, -0.2) is 4.98 Å². The molecule has 4 heterocycles. The zero-order valence-electron chi connectivity index (χ0n) is 18.1. The van der Waals surface area contributed by atoms with Crippen LogP contribution in [0.4, 0.5) is 0 Å². The number of hydrogen-bond donors (Lipinski definition) is 1. The number of methoxy groups -OCH3 is 1. The van der Waals surface area contributed by atoms with Gasteiger partial charge in [-0.3, -0.25) is 19.7 Å². The van der Waals surface area contributed by atoms with E-state index in [-0.39, 0.29) is 5.56 Å². The molecule has 0 atom stereocenters. The van der Waals surface area contributed by atoms with E-state index < -0.39 is 0 Å². The van der Waals surface area contributed by atoms with Gasteiger partial charge in [-0.05, 0) is 42.0 Å². The van der Waals surface area contributed by atoms with E-state index in [1.807, 2.05) is 42.6 Å². The molecule has 0 saturated heterocycles. The monoisotopic (exact) mass is 459 g/mol. The summed E-state index contributed by atoms with van der Waals surface area (Å²) in [6.45, 7) is 2.07. The van der Waals surface area contributed by atoms with Crippen LogP contribution in [0, 0.1) is 0 Å². The summed E-state index contributed by atoms with van der Waals surface area (Å²) in [5.74, 6) is 1.29. The minimum atomic E-state index is -0.0925. The third kappa shape index (κ3) is 4.51. The number of aromatic amines is 1. The van der Waals surface area contributed by atoms with Crippen molar-refractivity contribution in [1.29, 1.82) is 0 Å². The molecule has 0 fully saturated rings. The van der Waals surface area contributed by atoms with Gasteiger partial charge < -0.3 is 9.72 Å². The van der Waals surface area contributed by atoms with Crippen LogP contribution in [0.2, 0.25) is 5.02 Å². The lowest BCUT2D eigenvalue weighted by atomic mass is 10.1. The molecule has 7 nitrogen and oxygen atoms in total. The average Bonchev–Trinajstić information content (AvgIpc) is 2.85. The fourth-order valence-corrected chi connectivity index (χ4v) is 4.24. The molecule has 4 aromatic rings. The Balaban J connectivity index is 1.32. The summed E-state index contributed by atoms with van der Waals surface area (Å²) in [5.41, 5.74) is 5.01. The summed E-state index contributed by atoms with van der Waals surface area (Å²) in [4.78, 5) is 31.3. The number of fused-ring (bicyclic) bond motifs is 1. The first-order valence-electron chi connectivity index (χ1n) is 10.6. The Bertz CT molecular complexity index is 1340. The van der Waals surface area contributed by atoms with Crippen LogP contribution in [0.1, 0.15) is 16.8 Å². The van der Waals surface area contributed by atoms with Gasteiger partial charge in [0.15, 0.2) is 0 Å².